The molecule has 1 aliphatic carbocycles. The molecule has 1 N–H and O–H groups in total. The number of benzene rings is 1. The fourth-order valence-electron chi connectivity index (χ4n) is 1.90. The number of fused-ring (bicyclic) bond motifs is 1. The van der Waals surface area contributed by atoms with Crippen LogP contribution >= 0.6 is 0 Å². The van der Waals surface area contributed by atoms with Gasteiger partial charge in [-0.3, -0.25) is 4.79 Å². The van der Waals surface area contributed by atoms with Crippen molar-refractivity contribution in [1.29, 1.82) is 0 Å². The largest absolute Gasteiger partial charge is 0.508 e. The second kappa shape index (κ2) is 2.59. The molecule has 1 aromatic rings. The second-order valence-corrected chi connectivity index (χ2v) is 3.59. The zero-order chi connectivity index (χ0) is 9.59. The van der Waals surface area contributed by atoms with Gasteiger partial charge in [0.05, 0.1) is 0 Å². The lowest BCUT2D eigenvalue weighted by Gasteiger charge is -2.08. The van der Waals surface area contributed by atoms with E-state index in [2.05, 4.69) is 0 Å². The van der Waals surface area contributed by atoms with Crippen LogP contribution < -0.4 is 0 Å². The van der Waals surface area contributed by atoms with Crippen LogP contribution in [0.25, 0.3) is 0 Å². The van der Waals surface area contributed by atoms with Gasteiger partial charge in [-0.15, -0.1) is 0 Å². The van der Waals surface area contributed by atoms with Gasteiger partial charge in [-0.05, 0) is 43.0 Å². The van der Waals surface area contributed by atoms with E-state index in [9.17, 15) is 9.90 Å². The first-order valence-corrected chi connectivity index (χ1v) is 4.46. The molecule has 1 aromatic carbocycles. The number of Topliss-reactive ketones (excluding diaryl/α,β-unsaturated/α-hetero) is 1. The summed E-state index contributed by atoms with van der Waals surface area (Å²) in [7, 11) is 0. The lowest BCUT2D eigenvalue weighted by Crippen LogP contribution is -1.95. The van der Waals surface area contributed by atoms with E-state index in [0.717, 1.165) is 28.7 Å². The topological polar surface area (TPSA) is 37.3 Å². The number of rotatable bonds is 0. The summed E-state index contributed by atoms with van der Waals surface area (Å²) in [5, 5.41) is 9.53. The van der Waals surface area contributed by atoms with Crippen LogP contribution in [0.1, 0.15) is 33.5 Å². The third-order valence-electron chi connectivity index (χ3n) is 2.91. The molecule has 2 heteroatoms. The van der Waals surface area contributed by atoms with Gasteiger partial charge in [0.25, 0.3) is 0 Å². The third kappa shape index (κ3) is 1.05. The Kier molecular flexibility index (Phi) is 1.65. The Bertz CT molecular complexity index is 392. The summed E-state index contributed by atoms with van der Waals surface area (Å²) in [5.74, 6) is 0.403. The summed E-state index contributed by atoms with van der Waals surface area (Å²) < 4.78 is 0. The maximum Gasteiger partial charge on any atom is 0.163 e. The van der Waals surface area contributed by atoms with Crippen molar-refractivity contribution in [2.45, 2.75) is 26.7 Å². The Labute approximate surface area is 77.2 Å². The Balaban J connectivity index is 2.74. The van der Waals surface area contributed by atoms with Crippen LogP contribution in [0.15, 0.2) is 6.07 Å². The number of phenolic OH excluding ortho intramolecular Hbond substituents is 1. The third-order valence-corrected chi connectivity index (χ3v) is 2.91. The van der Waals surface area contributed by atoms with Crippen molar-refractivity contribution in [2.75, 3.05) is 0 Å². The first-order chi connectivity index (χ1) is 6.11. The number of hydrogen-bond acceptors (Lipinski definition) is 2. The van der Waals surface area contributed by atoms with E-state index in [4.69, 9.17) is 0 Å². The Morgan fingerprint density at radius 3 is 2.62 bits per heavy atom. The van der Waals surface area contributed by atoms with Crippen molar-refractivity contribution in [1.82, 2.24) is 0 Å². The summed E-state index contributed by atoms with van der Waals surface area (Å²) in [6.45, 7) is 3.85. The quantitative estimate of drug-likeness (QED) is 0.657. The smallest absolute Gasteiger partial charge is 0.163 e. The molecule has 0 fully saturated rings. The predicted octanol–water partition coefficient (Wildman–Crippen LogP) is 2.14. The summed E-state index contributed by atoms with van der Waals surface area (Å²) in [6.07, 6.45) is 1.43. The van der Waals surface area contributed by atoms with Crippen molar-refractivity contribution in [3.8, 4) is 5.75 Å². The Hall–Kier alpha value is -1.31. The summed E-state index contributed by atoms with van der Waals surface area (Å²) in [5.41, 5.74) is 3.82. The van der Waals surface area contributed by atoms with Gasteiger partial charge in [-0.2, -0.15) is 0 Å². The van der Waals surface area contributed by atoms with Crippen LogP contribution in [-0.2, 0) is 6.42 Å². The molecule has 0 heterocycles. The number of aromatic hydroxyl groups is 1. The molecule has 1 aliphatic rings. The molecule has 0 spiro atoms. The molecule has 13 heavy (non-hydrogen) atoms. The minimum absolute atomic E-state index is 0.161. The van der Waals surface area contributed by atoms with Crippen molar-refractivity contribution in [2.24, 2.45) is 0 Å². The lowest BCUT2D eigenvalue weighted by atomic mass is 9.99. The first-order valence-electron chi connectivity index (χ1n) is 4.46. The van der Waals surface area contributed by atoms with Crippen LogP contribution in [0.2, 0.25) is 0 Å². The maximum absolute atomic E-state index is 11.4. The first kappa shape index (κ1) is 8.30. The molecule has 0 amide bonds. The van der Waals surface area contributed by atoms with E-state index in [1.807, 2.05) is 13.8 Å². The van der Waals surface area contributed by atoms with Gasteiger partial charge < -0.3 is 5.11 Å². The predicted molar refractivity (Wildman–Crippen MR) is 50.2 cm³/mol. The van der Waals surface area contributed by atoms with E-state index in [1.165, 1.54) is 0 Å². The molecule has 0 saturated carbocycles. The molecule has 2 rings (SSSR count). The average molecular weight is 176 g/mol. The zero-order valence-corrected chi connectivity index (χ0v) is 7.85. The standard InChI is InChI=1S/C11H12O2/c1-6-7(2)11(13)5-9-8(6)3-4-10(9)12/h5,13H,3-4H2,1-2H3. The molecule has 0 bridgehead atoms. The van der Waals surface area contributed by atoms with Crippen LogP contribution in [0.4, 0.5) is 0 Å². The van der Waals surface area contributed by atoms with E-state index in [-0.39, 0.29) is 11.5 Å². The molecule has 2 nitrogen and oxygen atoms in total. The molecule has 0 atom stereocenters. The molecule has 0 aliphatic heterocycles. The van der Waals surface area contributed by atoms with Gasteiger partial charge in [0.2, 0.25) is 0 Å². The number of hydrogen-bond donors (Lipinski definition) is 1. The maximum atomic E-state index is 11.4. The highest BCUT2D eigenvalue weighted by Gasteiger charge is 2.23. The van der Waals surface area contributed by atoms with E-state index in [0.29, 0.717) is 6.42 Å². The Morgan fingerprint density at radius 1 is 1.23 bits per heavy atom. The fraction of sp³-hybridized carbons (Fsp3) is 0.364. The van der Waals surface area contributed by atoms with Gasteiger partial charge in [-0.25, -0.2) is 0 Å². The van der Waals surface area contributed by atoms with E-state index >= 15 is 0 Å². The van der Waals surface area contributed by atoms with Crippen molar-refractivity contribution in [3.05, 3.63) is 28.3 Å². The minimum atomic E-state index is 0.161. The SMILES string of the molecule is Cc1c(O)cc2c(c1C)CCC2=O. The van der Waals surface area contributed by atoms with Gasteiger partial charge >= 0.3 is 0 Å². The molecule has 0 saturated heterocycles. The lowest BCUT2D eigenvalue weighted by molar-refractivity contribution is 0.0994. The summed E-state index contributed by atoms with van der Waals surface area (Å²) >= 11 is 0. The normalized spacial score (nSPS) is 14.8. The molecular weight excluding hydrogens is 164 g/mol. The Morgan fingerprint density at radius 2 is 1.92 bits per heavy atom. The molecular formula is C11H12O2. The van der Waals surface area contributed by atoms with E-state index < -0.39 is 0 Å². The van der Waals surface area contributed by atoms with Gasteiger partial charge in [0, 0.05) is 12.0 Å². The molecule has 68 valence electrons. The highest BCUT2D eigenvalue weighted by molar-refractivity contribution is 6.01. The van der Waals surface area contributed by atoms with Crippen LogP contribution in [-0.4, -0.2) is 10.9 Å². The van der Waals surface area contributed by atoms with Gasteiger partial charge in [0.15, 0.2) is 5.78 Å². The van der Waals surface area contributed by atoms with E-state index in [1.54, 1.807) is 6.07 Å². The summed E-state index contributed by atoms with van der Waals surface area (Å²) in [4.78, 5) is 11.4. The van der Waals surface area contributed by atoms with Crippen LogP contribution in [0.3, 0.4) is 0 Å². The van der Waals surface area contributed by atoms with Crippen molar-refractivity contribution < 1.29 is 9.90 Å². The average Bonchev–Trinajstić information content (AvgIpc) is 2.45. The monoisotopic (exact) mass is 176 g/mol. The van der Waals surface area contributed by atoms with Gasteiger partial charge in [-0.1, -0.05) is 0 Å². The van der Waals surface area contributed by atoms with Crippen molar-refractivity contribution in [3.63, 3.8) is 0 Å². The molecule has 0 aromatic heterocycles. The number of carbonyl (C=O) groups is 1. The van der Waals surface area contributed by atoms with Gasteiger partial charge in [0.1, 0.15) is 5.75 Å². The number of phenols is 1. The van der Waals surface area contributed by atoms with Crippen LogP contribution in [0, 0.1) is 13.8 Å². The summed E-state index contributed by atoms with van der Waals surface area (Å²) in [6, 6.07) is 1.60. The van der Waals surface area contributed by atoms with Crippen LogP contribution in [0.5, 0.6) is 5.75 Å². The fourth-order valence-corrected chi connectivity index (χ4v) is 1.90. The minimum Gasteiger partial charge on any atom is -0.508 e. The van der Waals surface area contributed by atoms with Crippen molar-refractivity contribution >= 4 is 5.78 Å². The highest BCUT2D eigenvalue weighted by atomic mass is 16.3. The number of ketones is 1. The molecule has 0 unspecified atom stereocenters. The molecule has 0 radical (unpaired) electrons. The number of carbonyl (C=O) groups excluding carboxylic acids is 1. The highest BCUT2D eigenvalue weighted by Crippen LogP contribution is 2.32. The zero-order valence-electron chi connectivity index (χ0n) is 7.85. The second-order valence-electron chi connectivity index (χ2n) is 3.59.